The smallest absolute Gasteiger partial charge is 0.142 e. The van der Waals surface area contributed by atoms with E-state index in [1.165, 1.54) is 4.40 Å². The lowest BCUT2D eigenvalue weighted by Gasteiger charge is -2.08. The average Bonchev–Trinajstić information content (AvgIpc) is 2.27. The highest BCUT2D eigenvalue weighted by Gasteiger charge is 2.09. The number of rotatable bonds is 0. The lowest BCUT2D eigenvalue weighted by molar-refractivity contribution is 1.00. The van der Waals surface area contributed by atoms with E-state index in [2.05, 4.69) is 4.98 Å². The van der Waals surface area contributed by atoms with Crippen molar-refractivity contribution in [3.05, 3.63) is 51.0 Å². The van der Waals surface area contributed by atoms with E-state index in [9.17, 15) is 0 Å². The van der Waals surface area contributed by atoms with Gasteiger partial charge in [-0.3, -0.25) is 9.81 Å². The fourth-order valence-electron chi connectivity index (χ4n) is 1.90. The summed E-state index contributed by atoms with van der Waals surface area (Å²) in [5.74, 6) is 0. The third kappa shape index (κ3) is 1.67. The first-order chi connectivity index (χ1) is 8.58. The Balaban J connectivity index is 2.66. The second-order valence-corrected chi connectivity index (χ2v) is 5.02. The molecule has 3 nitrogen and oxygen atoms in total. The Morgan fingerprint density at radius 1 is 1.11 bits per heavy atom. The van der Waals surface area contributed by atoms with Gasteiger partial charge in [0.15, 0.2) is 0 Å². The molecule has 3 rings (SSSR count). The number of fused-ring (bicyclic) bond motifs is 2. The van der Waals surface area contributed by atoms with Crippen molar-refractivity contribution < 1.29 is 0 Å². The Morgan fingerprint density at radius 3 is 2.67 bits per heavy atom. The van der Waals surface area contributed by atoms with E-state index < -0.39 is 0 Å². The van der Waals surface area contributed by atoms with Crippen LogP contribution in [0, 0.1) is 5.41 Å². The normalized spacial score (nSPS) is 11.3. The van der Waals surface area contributed by atoms with Crippen molar-refractivity contribution in [1.29, 1.82) is 5.41 Å². The molecule has 0 saturated carbocycles. The SMILES string of the molecule is N=c1c2c(Cl)cc(Cl)cc2nc2cccc(Cl)n12. The predicted molar refractivity (Wildman–Crippen MR) is 73.6 cm³/mol. The van der Waals surface area contributed by atoms with Gasteiger partial charge in [0.1, 0.15) is 16.3 Å². The maximum absolute atomic E-state index is 8.20. The van der Waals surface area contributed by atoms with Gasteiger partial charge >= 0.3 is 0 Å². The van der Waals surface area contributed by atoms with Crippen molar-refractivity contribution in [2.24, 2.45) is 0 Å². The number of pyridine rings is 1. The van der Waals surface area contributed by atoms with E-state index in [0.717, 1.165) is 0 Å². The molecule has 0 radical (unpaired) electrons. The number of hydrogen-bond donors (Lipinski definition) is 1. The highest BCUT2D eigenvalue weighted by molar-refractivity contribution is 6.38. The third-order valence-corrected chi connectivity index (χ3v) is 3.46. The van der Waals surface area contributed by atoms with Crippen LogP contribution in [-0.4, -0.2) is 9.38 Å². The molecule has 2 aromatic heterocycles. The maximum Gasteiger partial charge on any atom is 0.142 e. The zero-order valence-electron chi connectivity index (χ0n) is 8.92. The first-order valence-corrected chi connectivity index (χ1v) is 6.22. The fourth-order valence-corrected chi connectivity index (χ4v) is 2.71. The summed E-state index contributed by atoms with van der Waals surface area (Å²) in [5, 5.41) is 10.0. The molecule has 0 saturated heterocycles. The van der Waals surface area contributed by atoms with Gasteiger partial charge in [-0.25, -0.2) is 4.98 Å². The van der Waals surface area contributed by atoms with E-state index in [0.29, 0.717) is 31.7 Å². The van der Waals surface area contributed by atoms with Crippen molar-refractivity contribution in [3.63, 3.8) is 0 Å². The molecular formula is C12H6Cl3N3. The summed E-state index contributed by atoms with van der Waals surface area (Å²) in [6, 6.07) is 8.53. The Hall–Kier alpha value is -1.29. The van der Waals surface area contributed by atoms with Crippen molar-refractivity contribution in [3.8, 4) is 0 Å². The Bertz CT molecular complexity index is 839. The number of nitrogens with zero attached hydrogens (tertiary/aromatic N) is 2. The molecule has 1 aromatic carbocycles. The molecule has 90 valence electrons. The maximum atomic E-state index is 8.20. The van der Waals surface area contributed by atoms with Gasteiger partial charge in [0.05, 0.1) is 15.9 Å². The third-order valence-electron chi connectivity index (χ3n) is 2.65. The van der Waals surface area contributed by atoms with Crippen LogP contribution >= 0.6 is 34.8 Å². The quantitative estimate of drug-likeness (QED) is 0.496. The first-order valence-electron chi connectivity index (χ1n) is 5.08. The summed E-state index contributed by atoms with van der Waals surface area (Å²) < 4.78 is 1.53. The van der Waals surface area contributed by atoms with Crippen LogP contribution in [0.4, 0.5) is 0 Å². The topological polar surface area (TPSA) is 41.2 Å². The second kappa shape index (κ2) is 4.12. The molecule has 0 atom stereocenters. The molecule has 2 heterocycles. The number of benzene rings is 1. The van der Waals surface area contributed by atoms with Gasteiger partial charge in [0.2, 0.25) is 0 Å². The first kappa shape index (κ1) is 11.8. The average molecular weight is 299 g/mol. The number of aromatic nitrogens is 2. The van der Waals surface area contributed by atoms with Crippen molar-refractivity contribution in [1.82, 2.24) is 9.38 Å². The van der Waals surface area contributed by atoms with Crippen LogP contribution in [0.5, 0.6) is 0 Å². The zero-order chi connectivity index (χ0) is 12.9. The molecule has 3 aromatic rings. The molecule has 0 aliphatic rings. The predicted octanol–water partition coefficient (Wildman–Crippen LogP) is 3.93. The number of hydrogen-bond acceptors (Lipinski definition) is 2. The molecule has 0 aliphatic carbocycles. The standard InChI is InChI=1S/C12H6Cl3N3/c13-6-4-7(14)11-8(5-6)17-10-3-1-2-9(15)18(10)12(11)16/h1-5,16H. The molecule has 6 heteroatoms. The number of nitrogens with one attached hydrogen (secondary N) is 1. The fraction of sp³-hybridized carbons (Fsp3) is 0. The summed E-state index contributed by atoms with van der Waals surface area (Å²) in [5.41, 5.74) is 1.36. The highest BCUT2D eigenvalue weighted by atomic mass is 35.5. The summed E-state index contributed by atoms with van der Waals surface area (Å²) >= 11 is 18.1. The van der Waals surface area contributed by atoms with Crippen molar-refractivity contribution in [2.45, 2.75) is 0 Å². The van der Waals surface area contributed by atoms with Gasteiger partial charge in [-0.2, -0.15) is 0 Å². The summed E-state index contributed by atoms with van der Waals surface area (Å²) in [7, 11) is 0. The second-order valence-electron chi connectivity index (χ2n) is 3.78. The van der Waals surface area contributed by atoms with Gasteiger partial charge < -0.3 is 0 Å². The van der Waals surface area contributed by atoms with Gasteiger partial charge in [0, 0.05) is 5.02 Å². The van der Waals surface area contributed by atoms with Crippen LogP contribution < -0.4 is 5.49 Å². The minimum Gasteiger partial charge on any atom is -0.283 e. The lowest BCUT2D eigenvalue weighted by Crippen LogP contribution is -2.16. The molecule has 0 spiro atoms. The largest absolute Gasteiger partial charge is 0.283 e. The van der Waals surface area contributed by atoms with Gasteiger partial charge in [0.25, 0.3) is 0 Å². The summed E-state index contributed by atoms with van der Waals surface area (Å²) in [4.78, 5) is 4.41. The molecule has 0 bridgehead atoms. The zero-order valence-corrected chi connectivity index (χ0v) is 11.2. The van der Waals surface area contributed by atoms with E-state index >= 15 is 0 Å². The van der Waals surface area contributed by atoms with Gasteiger partial charge in [-0.1, -0.05) is 40.9 Å². The van der Waals surface area contributed by atoms with E-state index in [4.69, 9.17) is 40.2 Å². The highest BCUT2D eigenvalue weighted by Crippen LogP contribution is 2.25. The van der Waals surface area contributed by atoms with Crippen LogP contribution in [0.1, 0.15) is 0 Å². The van der Waals surface area contributed by atoms with Crippen LogP contribution in [0.2, 0.25) is 15.2 Å². The molecule has 0 aliphatic heterocycles. The molecule has 0 amide bonds. The molecule has 18 heavy (non-hydrogen) atoms. The number of halogens is 3. The Labute approximate surface area is 117 Å². The summed E-state index contributed by atoms with van der Waals surface area (Å²) in [6.07, 6.45) is 0. The van der Waals surface area contributed by atoms with E-state index in [1.54, 1.807) is 30.3 Å². The van der Waals surface area contributed by atoms with Crippen molar-refractivity contribution in [2.75, 3.05) is 0 Å². The van der Waals surface area contributed by atoms with Crippen LogP contribution in [-0.2, 0) is 0 Å². The van der Waals surface area contributed by atoms with Gasteiger partial charge in [-0.05, 0) is 24.3 Å². The Kier molecular flexibility index (Phi) is 2.70. The van der Waals surface area contributed by atoms with E-state index in [-0.39, 0.29) is 5.49 Å². The van der Waals surface area contributed by atoms with Gasteiger partial charge in [-0.15, -0.1) is 0 Å². The minimum atomic E-state index is 0.197. The van der Waals surface area contributed by atoms with Crippen LogP contribution in [0.25, 0.3) is 16.6 Å². The monoisotopic (exact) mass is 297 g/mol. The van der Waals surface area contributed by atoms with Crippen LogP contribution in [0.15, 0.2) is 30.3 Å². The molecule has 0 unspecified atom stereocenters. The Morgan fingerprint density at radius 2 is 1.89 bits per heavy atom. The van der Waals surface area contributed by atoms with E-state index in [1.807, 2.05) is 0 Å². The molecule has 0 fully saturated rings. The lowest BCUT2D eigenvalue weighted by atomic mass is 10.2. The molecule has 1 N–H and O–H groups in total. The molecular weight excluding hydrogens is 293 g/mol. The van der Waals surface area contributed by atoms with Crippen molar-refractivity contribution >= 4 is 51.4 Å². The summed E-state index contributed by atoms with van der Waals surface area (Å²) in [6.45, 7) is 0. The minimum absolute atomic E-state index is 0.197. The van der Waals surface area contributed by atoms with Crippen LogP contribution in [0.3, 0.4) is 0 Å².